The molecule has 0 aromatic rings. The SMILES string of the molecule is CN1CCN(CCCl)C(=O)C1=O. The molecule has 1 rings (SSSR count). The first-order valence-electron chi connectivity index (χ1n) is 3.77. The van der Waals surface area contributed by atoms with E-state index in [4.69, 9.17) is 11.6 Å². The van der Waals surface area contributed by atoms with E-state index in [9.17, 15) is 9.59 Å². The zero-order valence-corrected chi connectivity index (χ0v) is 7.67. The minimum Gasteiger partial charge on any atom is -0.336 e. The lowest BCUT2D eigenvalue weighted by atomic mass is 10.3. The average Bonchev–Trinajstić information content (AvgIpc) is 2.07. The van der Waals surface area contributed by atoms with Crippen LogP contribution in [0, 0.1) is 0 Å². The van der Waals surface area contributed by atoms with Gasteiger partial charge in [0.25, 0.3) is 0 Å². The number of piperazine rings is 1. The minimum absolute atomic E-state index is 0.378. The molecule has 0 aromatic heterocycles. The van der Waals surface area contributed by atoms with Gasteiger partial charge in [-0.3, -0.25) is 9.59 Å². The van der Waals surface area contributed by atoms with E-state index in [0.29, 0.717) is 25.5 Å². The van der Waals surface area contributed by atoms with Gasteiger partial charge in [0, 0.05) is 32.6 Å². The van der Waals surface area contributed by atoms with Crippen LogP contribution in [0.3, 0.4) is 0 Å². The fourth-order valence-electron chi connectivity index (χ4n) is 1.09. The first-order valence-corrected chi connectivity index (χ1v) is 4.30. The molecule has 0 atom stereocenters. The fourth-order valence-corrected chi connectivity index (χ4v) is 1.29. The van der Waals surface area contributed by atoms with E-state index in [1.165, 1.54) is 9.80 Å². The lowest BCUT2D eigenvalue weighted by molar-refractivity contribution is -0.154. The van der Waals surface area contributed by atoms with E-state index in [1.807, 2.05) is 0 Å². The summed E-state index contributed by atoms with van der Waals surface area (Å²) in [5.74, 6) is -0.501. The Morgan fingerprint density at radius 1 is 1.33 bits per heavy atom. The zero-order valence-electron chi connectivity index (χ0n) is 6.92. The molecule has 0 saturated carbocycles. The average molecular weight is 191 g/mol. The number of halogens is 1. The maximum Gasteiger partial charge on any atom is 0.312 e. The first-order chi connectivity index (χ1) is 5.66. The van der Waals surface area contributed by atoms with E-state index in [0.717, 1.165) is 0 Å². The second-order valence-electron chi connectivity index (χ2n) is 2.71. The molecule has 0 radical (unpaired) electrons. The van der Waals surface area contributed by atoms with E-state index < -0.39 is 11.8 Å². The summed E-state index contributed by atoms with van der Waals surface area (Å²) in [7, 11) is 1.62. The number of hydrogen-bond acceptors (Lipinski definition) is 2. The monoisotopic (exact) mass is 190 g/mol. The van der Waals surface area contributed by atoms with Crippen LogP contribution in [0.1, 0.15) is 0 Å². The number of amides is 2. The molecule has 68 valence electrons. The van der Waals surface area contributed by atoms with Crippen molar-refractivity contribution in [2.45, 2.75) is 0 Å². The van der Waals surface area contributed by atoms with Crippen molar-refractivity contribution in [2.75, 3.05) is 32.6 Å². The molecule has 1 fully saturated rings. The highest BCUT2D eigenvalue weighted by molar-refractivity contribution is 6.35. The van der Waals surface area contributed by atoms with Crippen LogP contribution in [0.2, 0.25) is 0 Å². The quantitative estimate of drug-likeness (QED) is 0.436. The van der Waals surface area contributed by atoms with E-state index >= 15 is 0 Å². The Bertz CT molecular complexity index is 208. The van der Waals surface area contributed by atoms with Gasteiger partial charge in [-0.1, -0.05) is 0 Å². The molecule has 0 spiro atoms. The Balaban J connectivity index is 2.59. The molecule has 0 N–H and O–H groups in total. The third-order valence-electron chi connectivity index (χ3n) is 1.88. The maximum atomic E-state index is 11.2. The van der Waals surface area contributed by atoms with Crippen LogP contribution in [0.25, 0.3) is 0 Å². The number of alkyl halides is 1. The summed E-state index contributed by atoms with van der Waals surface area (Å²) in [5.41, 5.74) is 0. The molecule has 0 aliphatic carbocycles. The van der Waals surface area contributed by atoms with Crippen molar-refractivity contribution < 1.29 is 9.59 Å². The van der Waals surface area contributed by atoms with Crippen LogP contribution in [-0.4, -0.2) is 54.2 Å². The van der Waals surface area contributed by atoms with Gasteiger partial charge in [0.2, 0.25) is 0 Å². The first kappa shape index (κ1) is 9.32. The van der Waals surface area contributed by atoms with Crippen LogP contribution < -0.4 is 0 Å². The van der Waals surface area contributed by atoms with Crippen LogP contribution in [0.15, 0.2) is 0 Å². The van der Waals surface area contributed by atoms with Gasteiger partial charge >= 0.3 is 11.8 Å². The number of hydrogen-bond donors (Lipinski definition) is 0. The predicted molar refractivity (Wildman–Crippen MR) is 44.9 cm³/mol. The van der Waals surface area contributed by atoms with Gasteiger partial charge in [-0.05, 0) is 0 Å². The van der Waals surface area contributed by atoms with Gasteiger partial charge in [0.1, 0.15) is 0 Å². The van der Waals surface area contributed by atoms with Crippen molar-refractivity contribution in [1.29, 1.82) is 0 Å². The van der Waals surface area contributed by atoms with Crippen LogP contribution in [0.5, 0.6) is 0 Å². The number of nitrogens with zero attached hydrogens (tertiary/aromatic N) is 2. The van der Waals surface area contributed by atoms with Gasteiger partial charge in [-0.25, -0.2) is 0 Å². The lowest BCUT2D eigenvalue weighted by Gasteiger charge is -2.30. The molecule has 5 heteroatoms. The Kier molecular flexibility index (Phi) is 2.92. The number of carbonyl (C=O) groups is 2. The van der Waals surface area contributed by atoms with Crippen LogP contribution >= 0.6 is 11.6 Å². The highest BCUT2D eigenvalue weighted by Crippen LogP contribution is 2.02. The molecule has 0 unspecified atom stereocenters. The van der Waals surface area contributed by atoms with Crippen LogP contribution in [-0.2, 0) is 9.59 Å². The second kappa shape index (κ2) is 3.76. The van der Waals surface area contributed by atoms with Crippen molar-refractivity contribution in [1.82, 2.24) is 9.80 Å². The standard InChI is InChI=1S/C7H11ClN2O2/c1-9-4-5-10(3-2-8)7(12)6(9)11/h2-5H2,1H3. The smallest absolute Gasteiger partial charge is 0.312 e. The number of rotatable bonds is 2. The molecule has 1 aliphatic heterocycles. The van der Waals surface area contributed by atoms with Gasteiger partial charge < -0.3 is 9.80 Å². The molecule has 1 heterocycles. The van der Waals surface area contributed by atoms with E-state index in [-0.39, 0.29) is 0 Å². The summed E-state index contributed by atoms with van der Waals surface area (Å²) in [5, 5.41) is 0. The number of likely N-dealkylation sites (N-methyl/N-ethyl adjacent to an activating group) is 1. The third kappa shape index (κ3) is 1.69. The third-order valence-corrected chi connectivity index (χ3v) is 2.05. The van der Waals surface area contributed by atoms with Crippen molar-refractivity contribution in [3.8, 4) is 0 Å². The van der Waals surface area contributed by atoms with E-state index in [2.05, 4.69) is 0 Å². The Morgan fingerprint density at radius 3 is 2.58 bits per heavy atom. The second-order valence-corrected chi connectivity index (χ2v) is 3.09. The maximum absolute atomic E-state index is 11.2. The number of carbonyl (C=O) groups excluding carboxylic acids is 2. The zero-order chi connectivity index (χ0) is 9.14. The highest BCUT2D eigenvalue weighted by Gasteiger charge is 2.29. The molecule has 0 aromatic carbocycles. The molecular formula is C7H11ClN2O2. The van der Waals surface area contributed by atoms with Gasteiger partial charge in [-0.2, -0.15) is 0 Å². The lowest BCUT2D eigenvalue weighted by Crippen LogP contribution is -2.53. The van der Waals surface area contributed by atoms with Gasteiger partial charge in [0.15, 0.2) is 0 Å². The molecular weight excluding hydrogens is 180 g/mol. The largest absolute Gasteiger partial charge is 0.336 e. The van der Waals surface area contributed by atoms with Crippen molar-refractivity contribution in [3.63, 3.8) is 0 Å². The summed E-state index contributed by atoms with van der Waals surface area (Å²) in [6.07, 6.45) is 0. The Morgan fingerprint density at radius 2 is 2.00 bits per heavy atom. The highest BCUT2D eigenvalue weighted by atomic mass is 35.5. The predicted octanol–water partition coefficient (Wildman–Crippen LogP) is -0.474. The summed E-state index contributed by atoms with van der Waals surface area (Å²) in [6.45, 7) is 1.65. The molecule has 12 heavy (non-hydrogen) atoms. The van der Waals surface area contributed by atoms with Crippen molar-refractivity contribution in [3.05, 3.63) is 0 Å². The minimum atomic E-state index is -0.440. The van der Waals surface area contributed by atoms with E-state index in [1.54, 1.807) is 7.05 Å². The van der Waals surface area contributed by atoms with Gasteiger partial charge in [0.05, 0.1) is 0 Å². The Hall–Kier alpha value is -0.770. The fraction of sp³-hybridized carbons (Fsp3) is 0.714. The van der Waals surface area contributed by atoms with Crippen LogP contribution in [0.4, 0.5) is 0 Å². The Labute approximate surface area is 76.1 Å². The summed E-state index contributed by atoms with van der Waals surface area (Å²) >= 11 is 5.47. The van der Waals surface area contributed by atoms with Gasteiger partial charge in [-0.15, -0.1) is 11.6 Å². The molecule has 2 amide bonds. The molecule has 4 nitrogen and oxygen atoms in total. The summed E-state index contributed by atoms with van der Waals surface area (Å²) in [6, 6.07) is 0. The molecule has 1 saturated heterocycles. The normalized spacial score (nSPS) is 18.8. The van der Waals surface area contributed by atoms with Crippen molar-refractivity contribution >= 4 is 23.4 Å². The van der Waals surface area contributed by atoms with Crippen molar-refractivity contribution in [2.24, 2.45) is 0 Å². The summed E-state index contributed by atoms with van der Waals surface area (Å²) in [4.78, 5) is 25.2. The molecule has 1 aliphatic rings. The topological polar surface area (TPSA) is 40.6 Å². The summed E-state index contributed by atoms with van der Waals surface area (Å²) < 4.78 is 0. The molecule has 0 bridgehead atoms.